The summed E-state index contributed by atoms with van der Waals surface area (Å²) in [6.45, 7) is 2.52. The molecule has 0 spiro atoms. The molecule has 0 saturated heterocycles. The van der Waals surface area contributed by atoms with Crippen molar-refractivity contribution in [2.24, 2.45) is 0 Å². The van der Waals surface area contributed by atoms with E-state index in [4.69, 9.17) is 0 Å². The molecule has 5 heteroatoms. The number of aryl methyl sites for hydroxylation is 1. The summed E-state index contributed by atoms with van der Waals surface area (Å²) in [5, 5.41) is 4.81. The second-order valence-electron chi connectivity index (χ2n) is 5.47. The summed E-state index contributed by atoms with van der Waals surface area (Å²) in [6, 6.07) is 18.0. The van der Waals surface area contributed by atoms with E-state index in [0.29, 0.717) is 12.3 Å². The molecule has 3 rings (SSSR count). The summed E-state index contributed by atoms with van der Waals surface area (Å²) in [4.78, 5) is 20.9. The standard InChI is InChI=1S/C19H19N3OS/c1-14-21-17-10-6-5-9-16(17)19(22-14)24-13-18(23)20-12-11-15-7-3-2-4-8-15/h2-10H,11-13H2,1H3,(H,20,23). The molecule has 1 N–H and O–H groups in total. The average molecular weight is 337 g/mol. The zero-order valence-electron chi connectivity index (χ0n) is 13.5. The lowest BCUT2D eigenvalue weighted by atomic mass is 10.1. The van der Waals surface area contributed by atoms with Crippen LogP contribution in [0.4, 0.5) is 0 Å². The van der Waals surface area contributed by atoms with Gasteiger partial charge >= 0.3 is 0 Å². The first kappa shape index (κ1) is 16.5. The highest BCUT2D eigenvalue weighted by molar-refractivity contribution is 8.00. The fraction of sp³-hybridized carbons (Fsp3) is 0.211. The summed E-state index contributed by atoms with van der Waals surface area (Å²) in [6.07, 6.45) is 0.840. The van der Waals surface area contributed by atoms with Gasteiger partial charge in [0.15, 0.2) is 0 Å². The van der Waals surface area contributed by atoms with E-state index in [1.165, 1.54) is 17.3 Å². The topological polar surface area (TPSA) is 54.9 Å². The molecule has 0 aliphatic heterocycles. The first-order valence-corrected chi connectivity index (χ1v) is 8.88. The van der Waals surface area contributed by atoms with E-state index in [9.17, 15) is 4.79 Å². The van der Waals surface area contributed by atoms with Crippen LogP contribution in [0.3, 0.4) is 0 Å². The molecule has 2 aromatic carbocycles. The number of amides is 1. The molecule has 0 radical (unpaired) electrons. The number of hydrogen-bond donors (Lipinski definition) is 1. The Kier molecular flexibility index (Phi) is 5.43. The van der Waals surface area contributed by atoms with Crippen LogP contribution >= 0.6 is 11.8 Å². The highest BCUT2D eigenvalue weighted by Gasteiger charge is 2.08. The number of aromatic nitrogens is 2. The predicted molar refractivity (Wildman–Crippen MR) is 98.2 cm³/mol. The van der Waals surface area contributed by atoms with E-state index < -0.39 is 0 Å². The minimum Gasteiger partial charge on any atom is -0.355 e. The number of nitrogens with zero attached hydrogens (tertiary/aromatic N) is 2. The zero-order valence-corrected chi connectivity index (χ0v) is 14.3. The van der Waals surface area contributed by atoms with Crippen LogP contribution in [0.25, 0.3) is 10.9 Å². The minimum absolute atomic E-state index is 0.0243. The molecule has 0 aliphatic carbocycles. The van der Waals surface area contributed by atoms with Gasteiger partial charge in [0.2, 0.25) is 5.91 Å². The van der Waals surface area contributed by atoms with Crippen molar-refractivity contribution in [3.05, 3.63) is 66.0 Å². The Morgan fingerprint density at radius 2 is 1.79 bits per heavy atom. The second kappa shape index (κ2) is 7.93. The van der Waals surface area contributed by atoms with E-state index in [1.807, 2.05) is 49.4 Å². The Hall–Kier alpha value is -2.40. The van der Waals surface area contributed by atoms with Gasteiger partial charge in [-0.3, -0.25) is 4.79 Å². The lowest BCUT2D eigenvalue weighted by molar-refractivity contribution is -0.118. The SMILES string of the molecule is Cc1nc(SCC(=O)NCCc2ccccc2)c2ccccc2n1. The number of rotatable bonds is 6. The van der Waals surface area contributed by atoms with Gasteiger partial charge in [-0.2, -0.15) is 0 Å². The van der Waals surface area contributed by atoms with Crippen molar-refractivity contribution < 1.29 is 4.79 Å². The molecule has 0 atom stereocenters. The molecule has 0 bridgehead atoms. The van der Waals surface area contributed by atoms with Gasteiger partial charge in [0.25, 0.3) is 0 Å². The average Bonchev–Trinajstić information content (AvgIpc) is 2.60. The Morgan fingerprint density at radius 1 is 1.04 bits per heavy atom. The molecule has 0 unspecified atom stereocenters. The Labute approximate surface area is 145 Å². The van der Waals surface area contributed by atoms with Crippen molar-refractivity contribution in [1.82, 2.24) is 15.3 Å². The molecule has 0 aliphatic rings. The Bertz CT molecular complexity index is 836. The third-order valence-corrected chi connectivity index (χ3v) is 4.59. The fourth-order valence-corrected chi connectivity index (χ4v) is 3.34. The molecule has 3 aromatic rings. The summed E-state index contributed by atoms with van der Waals surface area (Å²) in [5.41, 5.74) is 2.14. The Morgan fingerprint density at radius 3 is 2.62 bits per heavy atom. The third kappa shape index (κ3) is 4.32. The van der Waals surface area contributed by atoms with E-state index in [0.717, 1.165) is 28.2 Å². The van der Waals surface area contributed by atoms with Gasteiger partial charge in [-0.15, -0.1) is 0 Å². The van der Waals surface area contributed by atoms with Crippen LogP contribution in [-0.2, 0) is 11.2 Å². The molecule has 0 fully saturated rings. The van der Waals surface area contributed by atoms with Crippen LogP contribution < -0.4 is 5.32 Å². The molecule has 0 saturated carbocycles. The van der Waals surface area contributed by atoms with E-state index in [-0.39, 0.29) is 5.91 Å². The van der Waals surface area contributed by atoms with Gasteiger partial charge < -0.3 is 5.32 Å². The van der Waals surface area contributed by atoms with Gasteiger partial charge in [-0.25, -0.2) is 9.97 Å². The highest BCUT2D eigenvalue weighted by atomic mass is 32.2. The van der Waals surface area contributed by atoms with Gasteiger partial charge in [-0.1, -0.05) is 60.3 Å². The van der Waals surface area contributed by atoms with Crippen LogP contribution in [0.1, 0.15) is 11.4 Å². The first-order valence-electron chi connectivity index (χ1n) is 7.89. The first-order chi connectivity index (χ1) is 11.7. The van der Waals surface area contributed by atoms with E-state index in [1.54, 1.807) is 0 Å². The number of fused-ring (bicyclic) bond motifs is 1. The maximum Gasteiger partial charge on any atom is 0.230 e. The monoisotopic (exact) mass is 337 g/mol. The third-order valence-electron chi connectivity index (χ3n) is 3.60. The molecule has 1 aromatic heterocycles. The van der Waals surface area contributed by atoms with Crippen LogP contribution in [0.5, 0.6) is 0 Å². The van der Waals surface area contributed by atoms with Crippen molar-refractivity contribution >= 4 is 28.6 Å². The molecule has 24 heavy (non-hydrogen) atoms. The number of nitrogens with one attached hydrogen (secondary N) is 1. The number of carbonyl (C=O) groups is 1. The van der Waals surface area contributed by atoms with Crippen molar-refractivity contribution in [3.63, 3.8) is 0 Å². The van der Waals surface area contributed by atoms with E-state index >= 15 is 0 Å². The number of thioether (sulfide) groups is 1. The molecular formula is C19H19N3OS. The lowest BCUT2D eigenvalue weighted by Gasteiger charge is -2.07. The van der Waals surface area contributed by atoms with Crippen molar-refractivity contribution in [2.75, 3.05) is 12.3 Å². The van der Waals surface area contributed by atoms with Crippen molar-refractivity contribution in [2.45, 2.75) is 18.4 Å². The molecule has 1 heterocycles. The van der Waals surface area contributed by atoms with Gasteiger partial charge in [-0.05, 0) is 25.0 Å². The fourth-order valence-electron chi connectivity index (χ4n) is 2.44. The number of hydrogen-bond acceptors (Lipinski definition) is 4. The maximum absolute atomic E-state index is 12.1. The summed E-state index contributed by atoms with van der Waals surface area (Å²) >= 11 is 1.46. The van der Waals surface area contributed by atoms with Gasteiger partial charge in [0.1, 0.15) is 10.9 Å². The van der Waals surface area contributed by atoms with Crippen LogP contribution in [-0.4, -0.2) is 28.2 Å². The normalized spacial score (nSPS) is 10.7. The zero-order chi connectivity index (χ0) is 16.8. The maximum atomic E-state index is 12.1. The lowest BCUT2D eigenvalue weighted by Crippen LogP contribution is -2.27. The quantitative estimate of drug-likeness (QED) is 0.553. The number of benzene rings is 2. The predicted octanol–water partition coefficient (Wildman–Crippen LogP) is 3.39. The summed E-state index contributed by atoms with van der Waals surface area (Å²) in [7, 11) is 0. The second-order valence-corrected chi connectivity index (χ2v) is 6.43. The molecule has 1 amide bonds. The highest BCUT2D eigenvalue weighted by Crippen LogP contribution is 2.24. The largest absolute Gasteiger partial charge is 0.355 e. The molecular weight excluding hydrogens is 318 g/mol. The van der Waals surface area contributed by atoms with Crippen molar-refractivity contribution in [3.8, 4) is 0 Å². The van der Waals surface area contributed by atoms with Crippen LogP contribution in [0.15, 0.2) is 59.6 Å². The minimum atomic E-state index is 0.0243. The van der Waals surface area contributed by atoms with Gasteiger partial charge in [0.05, 0.1) is 11.3 Å². The Balaban J connectivity index is 1.55. The van der Waals surface area contributed by atoms with Crippen molar-refractivity contribution in [1.29, 1.82) is 0 Å². The van der Waals surface area contributed by atoms with E-state index in [2.05, 4.69) is 27.4 Å². The van der Waals surface area contributed by atoms with Crippen LogP contribution in [0.2, 0.25) is 0 Å². The van der Waals surface area contributed by atoms with Crippen LogP contribution in [0, 0.1) is 6.92 Å². The summed E-state index contributed by atoms with van der Waals surface area (Å²) in [5.74, 6) is 1.10. The molecule has 4 nitrogen and oxygen atoms in total. The van der Waals surface area contributed by atoms with Gasteiger partial charge in [0, 0.05) is 11.9 Å². The number of para-hydroxylation sites is 1. The number of carbonyl (C=O) groups excluding carboxylic acids is 1. The molecule has 122 valence electrons. The smallest absolute Gasteiger partial charge is 0.230 e. The summed E-state index contributed by atoms with van der Waals surface area (Å²) < 4.78 is 0.